The van der Waals surface area contributed by atoms with Gasteiger partial charge in [-0.25, -0.2) is 4.98 Å². The Morgan fingerprint density at radius 2 is 2.10 bits per heavy atom. The summed E-state index contributed by atoms with van der Waals surface area (Å²) >= 11 is 0. The van der Waals surface area contributed by atoms with Crippen LogP contribution in [0.5, 0.6) is 0 Å². The molecule has 0 bridgehead atoms. The van der Waals surface area contributed by atoms with Crippen LogP contribution in [0.3, 0.4) is 0 Å². The summed E-state index contributed by atoms with van der Waals surface area (Å²) in [4.78, 5) is 4.05. The molecule has 0 radical (unpaired) electrons. The van der Waals surface area contributed by atoms with Gasteiger partial charge in [0.2, 0.25) is 0 Å². The highest BCUT2D eigenvalue weighted by Crippen LogP contribution is 2.14. The fourth-order valence-electron chi connectivity index (χ4n) is 2.11. The summed E-state index contributed by atoms with van der Waals surface area (Å²) in [6, 6.07) is 12.5. The molecule has 0 amide bonds. The molecule has 1 aromatic carbocycles. The van der Waals surface area contributed by atoms with Crippen molar-refractivity contribution in [2.45, 2.75) is 19.5 Å². The highest BCUT2D eigenvalue weighted by Gasteiger charge is 2.07. The zero-order valence-electron chi connectivity index (χ0n) is 11.4. The number of benzene rings is 1. The summed E-state index contributed by atoms with van der Waals surface area (Å²) in [6.07, 6.45) is 7.21. The van der Waals surface area contributed by atoms with Gasteiger partial charge in [-0.2, -0.15) is 0 Å². The summed E-state index contributed by atoms with van der Waals surface area (Å²) in [6.45, 7) is 2.91. The van der Waals surface area contributed by atoms with E-state index in [9.17, 15) is 0 Å². The van der Waals surface area contributed by atoms with Crippen LogP contribution in [-0.2, 0) is 6.54 Å². The van der Waals surface area contributed by atoms with Crippen molar-refractivity contribution in [3.8, 4) is 5.69 Å². The van der Waals surface area contributed by atoms with Gasteiger partial charge in [-0.3, -0.25) is 0 Å². The first-order chi connectivity index (χ1) is 9.83. The topological polar surface area (TPSA) is 43.0 Å². The third-order valence-corrected chi connectivity index (χ3v) is 3.32. The van der Waals surface area contributed by atoms with Gasteiger partial charge >= 0.3 is 0 Å². The van der Waals surface area contributed by atoms with Gasteiger partial charge in [-0.05, 0) is 36.8 Å². The number of hydrogen-bond acceptors (Lipinski definition) is 3. The molecule has 0 spiro atoms. The second-order valence-corrected chi connectivity index (χ2v) is 4.75. The maximum atomic E-state index is 5.38. The SMILES string of the molecule is C[C@@H](NCc1ccc(-n2ccnc2)cc1)c1ccco1. The Kier molecular flexibility index (Phi) is 3.65. The van der Waals surface area contributed by atoms with Crippen molar-refractivity contribution in [1.29, 1.82) is 0 Å². The lowest BCUT2D eigenvalue weighted by atomic mass is 10.2. The minimum absolute atomic E-state index is 0.207. The molecular formula is C16H17N3O. The summed E-state index contributed by atoms with van der Waals surface area (Å²) in [5.74, 6) is 0.958. The van der Waals surface area contributed by atoms with Gasteiger partial charge in [0.05, 0.1) is 18.6 Å². The van der Waals surface area contributed by atoms with Crippen LogP contribution in [0.4, 0.5) is 0 Å². The molecule has 0 saturated carbocycles. The minimum Gasteiger partial charge on any atom is -0.468 e. The van der Waals surface area contributed by atoms with Gasteiger partial charge in [-0.15, -0.1) is 0 Å². The highest BCUT2D eigenvalue weighted by molar-refractivity contribution is 5.34. The molecule has 1 atom stereocenters. The Balaban J connectivity index is 1.61. The molecule has 0 unspecified atom stereocenters. The molecule has 4 nitrogen and oxygen atoms in total. The van der Waals surface area contributed by atoms with E-state index in [-0.39, 0.29) is 6.04 Å². The largest absolute Gasteiger partial charge is 0.468 e. The van der Waals surface area contributed by atoms with Crippen molar-refractivity contribution in [1.82, 2.24) is 14.9 Å². The molecule has 0 aliphatic carbocycles. The third-order valence-electron chi connectivity index (χ3n) is 3.32. The average molecular weight is 267 g/mol. The first-order valence-electron chi connectivity index (χ1n) is 6.67. The van der Waals surface area contributed by atoms with Gasteiger partial charge in [0, 0.05) is 24.6 Å². The number of imidazole rings is 1. The van der Waals surface area contributed by atoms with E-state index >= 15 is 0 Å². The third kappa shape index (κ3) is 2.81. The number of aromatic nitrogens is 2. The normalized spacial score (nSPS) is 12.4. The molecule has 2 aromatic heterocycles. The van der Waals surface area contributed by atoms with Crippen LogP contribution >= 0.6 is 0 Å². The summed E-state index contributed by atoms with van der Waals surface area (Å²) < 4.78 is 7.37. The van der Waals surface area contributed by atoms with E-state index in [4.69, 9.17) is 4.42 Å². The van der Waals surface area contributed by atoms with Crippen LogP contribution in [0.2, 0.25) is 0 Å². The highest BCUT2D eigenvalue weighted by atomic mass is 16.3. The molecule has 0 fully saturated rings. The lowest BCUT2D eigenvalue weighted by molar-refractivity contribution is 0.430. The first kappa shape index (κ1) is 12.7. The van der Waals surface area contributed by atoms with Crippen LogP contribution in [0, 0.1) is 0 Å². The monoisotopic (exact) mass is 267 g/mol. The molecule has 0 aliphatic heterocycles. The summed E-state index contributed by atoms with van der Waals surface area (Å²) in [5.41, 5.74) is 2.36. The van der Waals surface area contributed by atoms with Crippen molar-refractivity contribution < 1.29 is 4.42 Å². The summed E-state index contributed by atoms with van der Waals surface area (Å²) in [5, 5.41) is 3.44. The van der Waals surface area contributed by atoms with Gasteiger partial charge in [0.15, 0.2) is 0 Å². The lowest BCUT2D eigenvalue weighted by Crippen LogP contribution is -2.17. The number of furan rings is 1. The quantitative estimate of drug-likeness (QED) is 0.771. The van der Waals surface area contributed by atoms with E-state index in [1.54, 1.807) is 18.8 Å². The molecule has 4 heteroatoms. The van der Waals surface area contributed by atoms with Crippen LogP contribution < -0.4 is 5.32 Å². The molecule has 3 aromatic rings. The molecule has 20 heavy (non-hydrogen) atoms. The molecule has 0 aliphatic rings. The zero-order valence-corrected chi connectivity index (χ0v) is 11.4. The Labute approximate surface area is 118 Å². The number of nitrogens with zero attached hydrogens (tertiary/aromatic N) is 2. The molecule has 3 rings (SSSR count). The van der Waals surface area contributed by atoms with Crippen molar-refractivity contribution in [3.05, 3.63) is 72.7 Å². The van der Waals surface area contributed by atoms with Crippen molar-refractivity contribution in [2.24, 2.45) is 0 Å². The fraction of sp³-hybridized carbons (Fsp3) is 0.188. The van der Waals surface area contributed by atoms with Gasteiger partial charge in [0.1, 0.15) is 5.76 Å². The smallest absolute Gasteiger partial charge is 0.120 e. The van der Waals surface area contributed by atoms with Crippen LogP contribution in [-0.4, -0.2) is 9.55 Å². The maximum absolute atomic E-state index is 5.38. The Morgan fingerprint density at radius 1 is 1.25 bits per heavy atom. The van der Waals surface area contributed by atoms with E-state index < -0.39 is 0 Å². The van der Waals surface area contributed by atoms with Gasteiger partial charge in [0.25, 0.3) is 0 Å². The minimum atomic E-state index is 0.207. The predicted molar refractivity (Wildman–Crippen MR) is 77.5 cm³/mol. The first-order valence-corrected chi connectivity index (χ1v) is 6.67. The molecule has 1 N–H and O–H groups in total. The van der Waals surface area contributed by atoms with Crippen LogP contribution in [0.1, 0.15) is 24.3 Å². The maximum Gasteiger partial charge on any atom is 0.120 e. The van der Waals surface area contributed by atoms with E-state index in [1.807, 2.05) is 22.9 Å². The second kappa shape index (κ2) is 5.75. The standard InChI is InChI=1S/C16H17N3O/c1-13(16-3-2-10-20-16)18-11-14-4-6-15(7-5-14)19-9-8-17-12-19/h2-10,12-13,18H,11H2,1H3/t13-/m1/s1. The van der Waals surface area contributed by atoms with Crippen molar-refractivity contribution in [2.75, 3.05) is 0 Å². The van der Waals surface area contributed by atoms with E-state index in [0.717, 1.165) is 18.0 Å². The predicted octanol–water partition coefficient (Wildman–Crippen LogP) is 3.32. The Hall–Kier alpha value is -2.33. The van der Waals surface area contributed by atoms with Crippen LogP contribution in [0.25, 0.3) is 5.69 Å². The number of rotatable bonds is 5. The second-order valence-electron chi connectivity index (χ2n) is 4.75. The average Bonchev–Trinajstić information content (AvgIpc) is 3.18. The van der Waals surface area contributed by atoms with Crippen molar-refractivity contribution >= 4 is 0 Å². The molecule has 2 heterocycles. The number of nitrogens with one attached hydrogen (secondary N) is 1. The molecular weight excluding hydrogens is 250 g/mol. The van der Waals surface area contributed by atoms with Gasteiger partial charge in [-0.1, -0.05) is 12.1 Å². The van der Waals surface area contributed by atoms with Crippen molar-refractivity contribution in [3.63, 3.8) is 0 Å². The van der Waals surface area contributed by atoms with E-state index in [1.165, 1.54) is 5.56 Å². The molecule has 0 saturated heterocycles. The Morgan fingerprint density at radius 3 is 2.75 bits per heavy atom. The van der Waals surface area contributed by atoms with E-state index in [0.29, 0.717) is 0 Å². The fourth-order valence-corrected chi connectivity index (χ4v) is 2.11. The van der Waals surface area contributed by atoms with Crippen LogP contribution in [0.15, 0.2) is 65.8 Å². The van der Waals surface area contributed by atoms with E-state index in [2.05, 4.69) is 41.5 Å². The lowest BCUT2D eigenvalue weighted by Gasteiger charge is -2.11. The Bertz CT molecular complexity index is 627. The zero-order chi connectivity index (χ0) is 13.8. The summed E-state index contributed by atoms with van der Waals surface area (Å²) in [7, 11) is 0. The van der Waals surface area contributed by atoms with Gasteiger partial charge < -0.3 is 14.3 Å². The molecule has 102 valence electrons. The number of hydrogen-bond donors (Lipinski definition) is 1.